The predicted molar refractivity (Wildman–Crippen MR) is 65.9 cm³/mol. The van der Waals surface area contributed by atoms with Crippen LogP contribution >= 0.6 is 0 Å². The summed E-state index contributed by atoms with van der Waals surface area (Å²) in [6.45, 7) is 3.76. The lowest BCUT2D eigenvalue weighted by Crippen LogP contribution is -2.11. The van der Waals surface area contributed by atoms with Gasteiger partial charge in [0.2, 0.25) is 0 Å². The Hall–Kier alpha value is -1.86. The maximum atomic E-state index is 11.2. The maximum Gasteiger partial charge on any atom is 0.159 e. The number of carbonyl (C=O) groups is 1. The summed E-state index contributed by atoms with van der Waals surface area (Å²) in [7, 11) is 0. The number of nitriles is 1. The number of carbonyl (C=O) groups excluding carboxylic acids is 1. The highest BCUT2D eigenvalue weighted by Crippen LogP contribution is 2.17. The maximum absolute atomic E-state index is 11.2. The van der Waals surface area contributed by atoms with Crippen molar-refractivity contribution in [3.05, 3.63) is 29.3 Å². The first-order valence-electron chi connectivity index (χ1n) is 5.51. The first-order valence-corrected chi connectivity index (χ1v) is 5.51. The smallest absolute Gasteiger partial charge is 0.159 e. The van der Waals surface area contributed by atoms with Gasteiger partial charge in [0.05, 0.1) is 17.4 Å². The highest BCUT2D eigenvalue weighted by Gasteiger charge is 2.06. The number of nitrogens with zero attached hydrogens (tertiary/aromatic N) is 1. The average molecular weight is 232 g/mol. The second kappa shape index (κ2) is 6.02. The normalized spacial score (nSPS) is 11.6. The molecule has 4 nitrogen and oxygen atoms in total. The minimum absolute atomic E-state index is 0.0342. The van der Waals surface area contributed by atoms with Crippen molar-refractivity contribution < 1.29 is 9.90 Å². The van der Waals surface area contributed by atoms with Crippen LogP contribution in [0.4, 0.5) is 5.69 Å². The van der Waals surface area contributed by atoms with Crippen LogP contribution in [0.2, 0.25) is 0 Å². The molecule has 2 N–H and O–H groups in total. The van der Waals surface area contributed by atoms with Gasteiger partial charge in [-0.15, -0.1) is 0 Å². The number of Topliss-reactive ketones (excluding diaryl/α,β-unsaturated/α-hetero) is 1. The molecule has 4 heteroatoms. The molecular weight excluding hydrogens is 216 g/mol. The van der Waals surface area contributed by atoms with Crippen molar-refractivity contribution in [3.8, 4) is 6.07 Å². The van der Waals surface area contributed by atoms with E-state index in [0.29, 0.717) is 29.8 Å². The number of aliphatic hydroxyl groups excluding tert-OH is 1. The quantitative estimate of drug-likeness (QED) is 0.761. The Morgan fingerprint density at radius 1 is 1.59 bits per heavy atom. The van der Waals surface area contributed by atoms with Gasteiger partial charge in [-0.1, -0.05) is 0 Å². The van der Waals surface area contributed by atoms with Crippen molar-refractivity contribution in [2.75, 3.05) is 11.9 Å². The summed E-state index contributed by atoms with van der Waals surface area (Å²) in [5, 5.41) is 21.1. The molecule has 0 spiro atoms. The second-order valence-corrected chi connectivity index (χ2v) is 3.99. The summed E-state index contributed by atoms with van der Waals surface area (Å²) >= 11 is 0. The zero-order chi connectivity index (χ0) is 12.8. The van der Waals surface area contributed by atoms with Crippen molar-refractivity contribution in [1.82, 2.24) is 0 Å². The van der Waals surface area contributed by atoms with Gasteiger partial charge in [-0.05, 0) is 38.5 Å². The Kier molecular flexibility index (Phi) is 4.68. The van der Waals surface area contributed by atoms with Gasteiger partial charge in [-0.3, -0.25) is 4.79 Å². The van der Waals surface area contributed by atoms with E-state index >= 15 is 0 Å². The fourth-order valence-electron chi connectivity index (χ4n) is 1.42. The van der Waals surface area contributed by atoms with Gasteiger partial charge < -0.3 is 10.4 Å². The number of nitrogens with one attached hydrogen (secondary N) is 1. The van der Waals surface area contributed by atoms with Crippen LogP contribution in [0.3, 0.4) is 0 Å². The molecule has 1 rings (SSSR count). The van der Waals surface area contributed by atoms with Crippen LogP contribution in [0, 0.1) is 11.3 Å². The van der Waals surface area contributed by atoms with E-state index in [9.17, 15) is 4.79 Å². The molecule has 1 aromatic rings. The van der Waals surface area contributed by atoms with E-state index in [0.717, 1.165) is 0 Å². The van der Waals surface area contributed by atoms with Crippen LogP contribution in [0.25, 0.3) is 0 Å². The molecule has 0 saturated heterocycles. The number of benzene rings is 1. The van der Waals surface area contributed by atoms with Crippen molar-refractivity contribution in [3.63, 3.8) is 0 Å². The monoisotopic (exact) mass is 232 g/mol. The number of hydrogen-bond donors (Lipinski definition) is 2. The Labute approximate surface area is 101 Å². The number of rotatable bonds is 5. The summed E-state index contributed by atoms with van der Waals surface area (Å²) in [6.07, 6.45) is 0.207. The molecule has 17 heavy (non-hydrogen) atoms. The van der Waals surface area contributed by atoms with Gasteiger partial charge in [0.25, 0.3) is 0 Å². The first-order chi connectivity index (χ1) is 8.04. The predicted octanol–water partition coefficient (Wildman–Crippen LogP) is 1.94. The minimum Gasteiger partial charge on any atom is -0.393 e. The summed E-state index contributed by atoms with van der Waals surface area (Å²) in [4.78, 5) is 11.2. The van der Waals surface area contributed by atoms with Crippen molar-refractivity contribution in [2.24, 2.45) is 0 Å². The second-order valence-electron chi connectivity index (χ2n) is 3.99. The van der Waals surface area contributed by atoms with E-state index in [4.69, 9.17) is 10.4 Å². The van der Waals surface area contributed by atoms with Crippen LogP contribution < -0.4 is 5.32 Å². The first kappa shape index (κ1) is 13.2. The molecule has 0 aliphatic heterocycles. The van der Waals surface area contributed by atoms with Crippen molar-refractivity contribution >= 4 is 11.5 Å². The van der Waals surface area contributed by atoms with E-state index < -0.39 is 0 Å². The standard InChI is InChI=1S/C13H16N2O2/c1-9(16)5-6-15-13-7-11(10(2)17)3-4-12(13)8-14/h3-4,7,9,15-16H,5-6H2,1-2H3. The van der Waals surface area contributed by atoms with Crippen LogP contribution in [-0.4, -0.2) is 23.5 Å². The Morgan fingerprint density at radius 2 is 2.29 bits per heavy atom. The molecule has 0 aliphatic rings. The van der Waals surface area contributed by atoms with Gasteiger partial charge in [0.1, 0.15) is 6.07 Å². The highest BCUT2D eigenvalue weighted by atomic mass is 16.3. The molecule has 0 aliphatic carbocycles. The average Bonchev–Trinajstić information content (AvgIpc) is 2.28. The van der Waals surface area contributed by atoms with E-state index in [1.807, 2.05) is 0 Å². The molecule has 1 atom stereocenters. The van der Waals surface area contributed by atoms with Crippen molar-refractivity contribution in [2.45, 2.75) is 26.4 Å². The third-order valence-electron chi connectivity index (χ3n) is 2.42. The van der Waals surface area contributed by atoms with Gasteiger partial charge >= 0.3 is 0 Å². The molecule has 0 radical (unpaired) electrons. The Balaban J connectivity index is 2.84. The molecule has 1 unspecified atom stereocenters. The molecule has 0 saturated carbocycles. The van der Waals surface area contributed by atoms with Crippen molar-refractivity contribution in [1.29, 1.82) is 5.26 Å². The third-order valence-corrected chi connectivity index (χ3v) is 2.42. The minimum atomic E-state index is -0.385. The molecular formula is C13H16N2O2. The Morgan fingerprint density at radius 3 is 2.82 bits per heavy atom. The third kappa shape index (κ3) is 3.89. The fraction of sp³-hybridized carbons (Fsp3) is 0.385. The Bertz CT molecular complexity index is 447. The summed E-state index contributed by atoms with van der Waals surface area (Å²) in [6, 6.07) is 7.00. The summed E-state index contributed by atoms with van der Waals surface area (Å²) in [5.41, 5.74) is 1.71. The molecule has 0 fully saturated rings. The molecule has 0 bridgehead atoms. The molecule has 0 amide bonds. The summed E-state index contributed by atoms with van der Waals surface area (Å²) < 4.78 is 0. The number of aliphatic hydroxyl groups is 1. The molecule has 1 aromatic carbocycles. The van der Waals surface area contributed by atoms with E-state index in [2.05, 4.69) is 11.4 Å². The highest BCUT2D eigenvalue weighted by molar-refractivity contribution is 5.95. The molecule has 90 valence electrons. The van der Waals surface area contributed by atoms with Crippen LogP contribution in [-0.2, 0) is 0 Å². The summed E-state index contributed by atoms with van der Waals surface area (Å²) in [5.74, 6) is -0.0342. The van der Waals surface area contributed by atoms with Gasteiger partial charge in [0, 0.05) is 12.1 Å². The van der Waals surface area contributed by atoms with E-state index in [1.54, 1.807) is 25.1 Å². The van der Waals surface area contributed by atoms with Crippen LogP contribution in [0.5, 0.6) is 0 Å². The number of hydrogen-bond acceptors (Lipinski definition) is 4. The topological polar surface area (TPSA) is 73.1 Å². The van der Waals surface area contributed by atoms with E-state index in [1.165, 1.54) is 6.92 Å². The van der Waals surface area contributed by atoms with Crippen LogP contribution in [0.15, 0.2) is 18.2 Å². The lowest BCUT2D eigenvalue weighted by molar-refractivity contribution is 0.101. The SMILES string of the molecule is CC(=O)c1ccc(C#N)c(NCCC(C)O)c1. The lowest BCUT2D eigenvalue weighted by Gasteiger charge is -2.10. The largest absolute Gasteiger partial charge is 0.393 e. The van der Waals surface area contributed by atoms with Gasteiger partial charge in [-0.25, -0.2) is 0 Å². The zero-order valence-electron chi connectivity index (χ0n) is 10.0. The number of anilines is 1. The number of ketones is 1. The lowest BCUT2D eigenvalue weighted by atomic mass is 10.1. The molecule has 0 heterocycles. The van der Waals surface area contributed by atoms with Gasteiger partial charge in [0.15, 0.2) is 5.78 Å². The van der Waals surface area contributed by atoms with Crippen LogP contribution in [0.1, 0.15) is 36.2 Å². The fourth-order valence-corrected chi connectivity index (χ4v) is 1.42. The zero-order valence-corrected chi connectivity index (χ0v) is 10.0. The van der Waals surface area contributed by atoms with Gasteiger partial charge in [-0.2, -0.15) is 5.26 Å². The van der Waals surface area contributed by atoms with E-state index in [-0.39, 0.29) is 11.9 Å². The molecule has 0 aromatic heterocycles.